The Morgan fingerprint density at radius 2 is 1.71 bits per heavy atom. The van der Waals surface area contributed by atoms with Crippen molar-refractivity contribution in [3.63, 3.8) is 0 Å². The molecule has 1 atom stereocenters. The third kappa shape index (κ3) is 5.79. The van der Waals surface area contributed by atoms with Crippen LogP contribution in [0.5, 0.6) is 0 Å². The second-order valence-corrected chi connectivity index (χ2v) is 10.5. The highest BCUT2D eigenvalue weighted by Gasteiger charge is 2.43. The average molecular weight is 528 g/mol. The number of hydrogen-bond donors (Lipinski definition) is 1. The van der Waals surface area contributed by atoms with E-state index in [2.05, 4.69) is 14.8 Å². The van der Waals surface area contributed by atoms with Gasteiger partial charge in [0, 0.05) is 31.1 Å². The molecule has 4 rings (SSSR count). The molecule has 12 heteroatoms. The van der Waals surface area contributed by atoms with Crippen LogP contribution in [0.4, 0.5) is 13.2 Å². The molecule has 0 aliphatic carbocycles. The lowest BCUT2D eigenvalue weighted by molar-refractivity contribution is -0.182. The molecule has 0 saturated carbocycles. The lowest BCUT2D eigenvalue weighted by Crippen LogP contribution is -2.51. The van der Waals surface area contributed by atoms with Gasteiger partial charge in [0.1, 0.15) is 0 Å². The summed E-state index contributed by atoms with van der Waals surface area (Å²) in [4.78, 5) is 4.09. The number of alkyl halides is 3. The molecule has 2 aliphatic heterocycles. The zero-order valence-corrected chi connectivity index (χ0v) is 20.5. The topological polar surface area (TPSA) is 77.4 Å². The summed E-state index contributed by atoms with van der Waals surface area (Å²) in [6.45, 7) is -0.113. The summed E-state index contributed by atoms with van der Waals surface area (Å²) in [5.74, 6) is -1.67. The van der Waals surface area contributed by atoms with Gasteiger partial charge in [-0.1, -0.05) is 54.1 Å². The van der Waals surface area contributed by atoms with Crippen LogP contribution in [-0.4, -0.2) is 62.3 Å². The number of piperidine rings is 1. The number of nitrogens with zero attached hydrogens (tertiary/aromatic N) is 4. The molecule has 0 bridgehead atoms. The summed E-state index contributed by atoms with van der Waals surface area (Å²) in [6.07, 6.45) is -4.88. The normalized spacial score (nSPS) is 20.7. The number of hydrogen-bond acceptors (Lipinski definition) is 4. The average Bonchev–Trinajstić information content (AvgIpc) is 3.28. The summed E-state index contributed by atoms with van der Waals surface area (Å²) in [7, 11) is -2.68. The van der Waals surface area contributed by atoms with Crippen LogP contribution < -0.4 is 4.72 Å². The first kappa shape index (κ1) is 25.5. The summed E-state index contributed by atoms with van der Waals surface area (Å²) < 4.78 is 68.3. The van der Waals surface area contributed by atoms with Crippen LogP contribution in [-0.2, 0) is 10.2 Å². The maximum Gasteiger partial charge on any atom is 0.391 e. The van der Waals surface area contributed by atoms with Crippen molar-refractivity contribution in [1.29, 1.82) is 0 Å². The molecule has 1 fully saturated rings. The van der Waals surface area contributed by atoms with Crippen LogP contribution in [0, 0.1) is 5.92 Å². The van der Waals surface area contributed by atoms with E-state index < -0.39 is 22.3 Å². The number of halogens is 4. The minimum atomic E-state index is -4.33. The lowest BCUT2D eigenvalue weighted by atomic mass is 9.91. The number of guanidine groups is 1. The van der Waals surface area contributed by atoms with E-state index in [0.717, 1.165) is 21.1 Å². The summed E-state index contributed by atoms with van der Waals surface area (Å²) in [6, 6.07) is 16.9. The molecule has 2 heterocycles. The number of aliphatic imine (C=N–C) groups is 1. The van der Waals surface area contributed by atoms with Crippen LogP contribution in [0.1, 0.15) is 29.9 Å². The highest BCUT2D eigenvalue weighted by atomic mass is 35.5. The van der Waals surface area contributed by atoms with E-state index in [0.29, 0.717) is 11.6 Å². The standard InChI is InChI=1S/C23H25ClF3N5O2S/c1-28-22(30-35(33,34)31-13-11-18(12-14-31)23(25,26)27)32-15-20(16-5-3-2-4-6-16)21(29-32)17-7-9-19(24)10-8-17/h2-10,18,20H,11-15H2,1H3,(H,28,30). The molecule has 0 radical (unpaired) electrons. The highest BCUT2D eigenvalue weighted by Crippen LogP contribution is 2.35. The third-order valence-electron chi connectivity index (χ3n) is 6.19. The van der Waals surface area contributed by atoms with Gasteiger partial charge in [-0.25, -0.2) is 9.73 Å². The van der Waals surface area contributed by atoms with E-state index >= 15 is 0 Å². The molecule has 2 aromatic carbocycles. The summed E-state index contributed by atoms with van der Waals surface area (Å²) in [5.41, 5.74) is 2.55. The molecule has 1 saturated heterocycles. The predicted molar refractivity (Wildman–Crippen MR) is 130 cm³/mol. The monoisotopic (exact) mass is 527 g/mol. The first-order chi connectivity index (χ1) is 16.6. The first-order valence-electron chi connectivity index (χ1n) is 11.1. The molecular weight excluding hydrogens is 503 g/mol. The van der Waals surface area contributed by atoms with Gasteiger partial charge in [0.25, 0.3) is 0 Å². The molecule has 35 heavy (non-hydrogen) atoms. The van der Waals surface area contributed by atoms with Gasteiger partial charge in [-0.05, 0) is 36.1 Å². The van der Waals surface area contributed by atoms with Crippen molar-refractivity contribution >= 4 is 33.5 Å². The minimum absolute atomic E-state index is 0.00663. The Morgan fingerprint density at radius 1 is 1.09 bits per heavy atom. The SMILES string of the molecule is CN=C(NS(=O)(=O)N1CCC(C(F)(F)F)CC1)N1CC(c2ccccc2)C(c2ccc(Cl)cc2)=N1. The van der Waals surface area contributed by atoms with Gasteiger partial charge in [-0.2, -0.15) is 31.0 Å². The molecule has 2 aliphatic rings. The Labute approximate surface area is 207 Å². The highest BCUT2D eigenvalue weighted by molar-refractivity contribution is 7.87. The van der Waals surface area contributed by atoms with Gasteiger partial charge in [-0.3, -0.25) is 4.99 Å². The molecular formula is C23H25ClF3N5O2S. The van der Waals surface area contributed by atoms with Crippen LogP contribution in [0.25, 0.3) is 0 Å². The summed E-state index contributed by atoms with van der Waals surface area (Å²) >= 11 is 6.04. The number of rotatable bonds is 4. The Bertz CT molecular complexity index is 1200. The number of benzene rings is 2. The lowest BCUT2D eigenvalue weighted by Gasteiger charge is -2.32. The first-order valence-corrected chi connectivity index (χ1v) is 12.9. The maximum absolute atomic E-state index is 13.0. The van der Waals surface area contributed by atoms with Gasteiger partial charge in [0.2, 0.25) is 5.96 Å². The molecule has 0 amide bonds. The van der Waals surface area contributed by atoms with E-state index in [1.165, 1.54) is 12.1 Å². The largest absolute Gasteiger partial charge is 0.391 e. The van der Waals surface area contributed by atoms with Crippen LogP contribution in [0.3, 0.4) is 0 Å². The zero-order chi connectivity index (χ0) is 25.2. The van der Waals surface area contributed by atoms with Crippen LogP contribution in [0.15, 0.2) is 64.7 Å². The fraction of sp³-hybridized carbons (Fsp3) is 0.391. The molecule has 1 N–H and O–H groups in total. The van der Waals surface area contributed by atoms with Gasteiger partial charge < -0.3 is 0 Å². The van der Waals surface area contributed by atoms with Crippen LogP contribution in [0.2, 0.25) is 5.02 Å². The van der Waals surface area contributed by atoms with Gasteiger partial charge >= 0.3 is 16.4 Å². The van der Waals surface area contributed by atoms with Crippen molar-refractivity contribution in [1.82, 2.24) is 14.0 Å². The van der Waals surface area contributed by atoms with Gasteiger partial charge in [0.15, 0.2) is 0 Å². The number of hydrazone groups is 1. The molecule has 0 aromatic heterocycles. The van der Waals surface area contributed by atoms with Crippen molar-refractivity contribution < 1.29 is 21.6 Å². The molecule has 1 unspecified atom stereocenters. The van der Waals surface area contributed by atoms with E-state index in [1.807, 2.05) is 42.5 Å². The van der Waals surface area contributed by atoms with Crippen LogP contribution >= 0.6 is 11.6 Å². The predicted octanol–water partition coefficient (Wildman–Crippen LogP) is 4.24. The Morgan fingerprint density at radius 3 is 2.29 bits per heavy atom. The summed E-state index contributed by atoms with van der Waals surface area (Å²) in [5, 5.41) is 6.73. The van der Waals surface area contributed by atoms with Gasteiger partial charge in [0.05, 0.1) is 18.2 Å². The quantitative estimate of drug-likeness (QED) is 0.477. The maximum atomic E-state index is 13.0. The van der Waals surface area contributed by atoms with Crippen molar-refractivity contribution in [3.8, 4) is 0 Å². The molecule has 2 aromatic rings. The second-order valence-electron chi connectivity index (χ2n) is 8.41. The Kier molecular flexibility index (Phi) is 7.39. The molecule has 0 spiro atoms. The van der Waals surface area contributed by atoms with E-state index in [4.69, 9.17) is 11.6 Å². The minimum Gasteiger partial charge on any atom is -0.254 e. The van der Waals surface area contributed by atoms with Crippen molar-refractivity contribution in [2.24, 2.45) is 16.0 Å². The van der Waals surface area contributed by atoms with E-state index in [1.54, 1.807) is 12.1 Å². The second kappa shape index (κ2) is 10.2. The van der Waals surface area contributed by atoms with E-state index in [9.17, 15) is 21.6 Å². The third-order valence-corrected chi connectivity index (χ3v) is 7.93. The smallest absolute Gasteiger partial charge is 0.254 e. The van der Waals surface area contributed by atoms with E-state index in [-0.39, 0.29) is 37.8 Å². The van der Waals surface area contributed by atoms with Crippen molar-refractivity contribution in [2.75, 3.05) is 26.7 Å². The zero-order valence-electron chi connectivity index (χ0n) is 18.9. The fourth-order valence-electron chi connectivity index (χ4n) is 4.28. The molecule has 188 valence electrons. The van der Waals surface area contributed by atoms with Gasteiger partial charge in [-0.15, -0.1) is 0 Å². The van der Waals surface area contributed by atoms with Crippen molar-refractivity contribution in [3.05, 3.63) is 70.7 Å². The number of nitrogens with one attached hydrogen (secondary N) is 1. The molecule has 7 nitrogen and oxygen atoms in total. The Hall–Kier alpha value is -2.63. The fourth-order valence-corrected chi connectivity index (χ4v) is 5.65. The van der Waals surface area contributed by atoms with Crippen molar-refractivity contribution in [2.45, 2.75) is 24.9 Å². The Balaban J connectivity index is 1.55.